The van der Waals surface area contributed by atoms with Crippen molar-refractivity contribution in [3.63, 3.8) is 0 Å². The van der Waals surface area contributed by atoms with Crippen molar-refractivity contribution in [1.82, 2.24) is 10.2 Å². The van der Waals surface area contributed by atoms with Crippen LogP contribution in [-0.4, -0.2) is 80.1 Å². The van der Waals surface area contributed by atoms with Gasteiger partial charge >= 0.3 is 0 Å². The van der Waals surface area contributed by atoms with E-state index in [-0.39, 0.29) is 53.1 Å². The Morgan fingerprint density at radius 1 is 0.862 bits per heavy atom. The van der Waals surface area contributed by atoms with Gasteiger partial charge in [-0.2, -0.15) is 0 Å². The Morgan fingerprint density at radius 2 is 1.60 bits per heavy atom. The number of nitrogens with one attached hydrogen (secondary N) is 1. The number of aryl methyl sites for hydroxylation is 2. The maximum absolute atomic E-state index is 15.4. The van der Waals surface area contributed by atoms with E-state index >= 15 is 4.39 Å². The van der Waals surface area contributed by atoms with Crippen LogP contribution in [0.5, 0.6) is 11.5 Å². The monoisotopic (exact) mass is 791 g/mol. The zero-order valence-corrected chi connectivity index (χ0v) is 32.9. The van der Waals surface area contributed by atoms with Crippen LogP contribution in [0.4, 0.5) is 20.2 Å². The Labute approximate surface area is 338 Å². The molecule has 0 aliphatic carbocycles. The number of hydrogen-bond acceptors (Lipinski definition) is 8. The number of primary amides is 1. The summed E-state index contributed by atoms with van der Waals surface area (Å²) in [5.74, 6) is -0.964. The number of hydrogen-bond donors (Lipinski definition) is 3. The summed E-state index contributed by atoms with van der Waals surface area (Å²) in [5.41, 5.74) is 11.8. The number of fused-ring (bicyclic) bond motifs is 1. The van der Waals surface area contributed by atoms with Crippen molar-refractivity contribution in [3.05, 3.63) is 118 Å². The standard InChI is InChI=1S/C46H51F2N5O5/c1-28-22-32(6-12-39(28)47)38-27-58-42-24-35(54)10-11-36(42)44(38)30-4-8-34(9-5-30)52-16-14-29(15-17-52)26-51-18-20-53(21-19-51)41-23-33(37(45(49)56)25-40(41)48)3-2-31-7-13-43(55)50-46(31)57/h4-6,8-12,22-25,29,31,38,44,54H,2-3,7,13-21,26-27H2,1H3,(H2,49,56)(H,50,55,57)/t31-,38+,44+/m0/s1. The SMILES string of the molecule is Cc1cc([C@H]2COc3cc(O)ccc3[C@H]2c2ccc(N3CCC(CN4CCN(c5cc(CC[C@H]6CCC(=O)NC6=O)c(C(N)=O)cc5F)CC4)CC3)cc2)ccc1F. The molecule has 3 amide bonds. The maximum atomic E-state index is 15.4. The number of benzene rings is 4. The number of imide groups is 1. The summed E-state index contributed by atoms with van der Waals surface area (Å²) in [6.45, 7) is 8.04. The number of phenols is 1. The highest BCUT2D eigenvalue weighted by atomic mass is 19.1. The lowest BCUT2D eigenvalue weighted by Gasteiger charge is -2.40. The van der Waals surface area contributed by atoms with E-state index in [1.807, 2.05) is 23.1 Å². The minimum atomic E-state index is -0.702. The van der Waals surface area contributed by atoms with Gasteiger partial charge < -0.3 is 25.4 Å². The average molecular weight is 792 g/mol. The molecule has 0 unspecified atom stereocenters. The molecule has 3 saturated heterocycles. The van der Waals surface area contributed by atoms with Gasteiger partial charge in [0.05, 0.1) is 12.3 Å². The van der Waals surface area contributed by atoms with Gasteiger partial charge in [0.2, 0.25) is 17.7 Å². The summed E-state index contributed by atoms with van der Waals surface area (Å²) in [5, 5.41) is 12.5. The van der Waals surface area contributed by atoms with Crippen LogP contribution in [0.2, 0.25) is 0 Å². The molecule has 0 spiro atoms. The molecule has 0 bridgehead atoms. The Morgan fingerprint density at radius 3 is 2.31 bits per heavy atom. The van der Waals surface area contributed by atoms with Crippen molar-refractivity contribution in [2.75, 3.05) is 62.2 Å². The summed E-state index contributed by atoms with van der Waals surface area (Å²) in [6, 6.07) is 22.3. The number of anilines is 2. The van der Waals surface area contributed by atoms with Crippen LogP contribution in [0.1, 0.15) is 82.1 Å². The number of halogens is 2. The smallest absolute Gasteiger partial charge is 0.249 e. The molecule has 0 aromatic heterocycles. The molecule has 4 N–H and O–H groups in total. The number of carbonyl (C=O) groups excluding carboxylic acids is 3. The molecule has 4 aromatic carbocycles. The second-order valence-electron chi connectivity index (χ2n) is 16.4. The molecular weight excluding hydrogens is 741 g/mol. The zero-order valence-electron chi connectivity index (χ0n) is 32.9. The molecule has 3 fully saturated rings. The zero-order chi connectivity index (χ0) is 40.5. The summed E-state index contributed by atoms with van der Waals surface area (Å²) in [6.07, 6.45) is 3.72. The predicted molar refractivity (Wildman–Crippen MR) is 218 cm³/mol. The van der Waals surface area contributed by atoms with E-state index in [0.717, 1.165) is 62.3 Å². The second kappa shape index (κ2) is 16.8. The lowest BCUT2D eigenvalue weighted by molar-refractivity contribution is -0.136. The summed E-state index contributed by atoms with van der Waals surface area (Å²) in [7, 11) is 0. The van der Waals surface area contributed by atoms with E-state index < -0.39 is 11.7 Å². The summed E-state index contributed by atoms with van der Waals surface area (Å²) in [4.78, 5) is 43.1. The van der Waals surface area contributed by atoms with Crippen LogP contribution in [0.15, 0.2) is 72.8 Å². The van der Waals surface area contributed by atoms with E-state index in [9.17, 15) is 23.9 Å². The largest absolute Gasteiger partial charge is 0.508 e. The maximum Gasteiger partial charge on any atom is 0.249 e. The highest BCUT2D eigenvalue weighted by Crippen LogP contribution is 2.47. The first-order valence-electron chi connectivity index (χ1n) is 20.5. The third-order valence-electron chi connectivity index (χ3n) is 12.8. The third-order valence-corrected chi connectivity index (χ3v) is 12.8. The van der Waals surface area contributed by atoms with E-state index in [4.69, 9.17) is 10.5 Å². The Balaban J connectivity index is 0.863. The van der Waals surface area contributed by atoms with Crippen LogP contribution in [0.25, 0.3) is 0 Å². The second-order valence-corrected chi connectivity index (χ2v) is 16.4. The number of piperazine rings is 1. The van der Waals surface area contributed by atoms with Gasteiger partial charge in [0.15, 0.2) is 0 Å². The molecule has 8 rings (SSSR count). The van der Waals surface area contributed by atoms with Crippen LogP contribution >= 0.6 is 0 Å². The molecule has 0 radical (unpaired) electrons. The van der Waals surface area contributed by atoms with Gasteiger partial charge in [-0.3, -0.25) is 24.6 Å². The van der Waals surface area contributed by atoms with Gasteiger partial charge in [-0.1, -0.05) is 30.3 Å². The van der Waals surface area contributed by atoms with Crippen molar-refractivity contribution in [3.8, 4) is 11.5 Å². The number of aromatic hydroxyl groups is 1. The van der Waals surface area contributed by atoms with E-state index in [1.165, 1.54) is 17.8 Å². The number of rotatable bonds is 10. The molecule has 4 aliphatic rings. The Bertz CT molecular complexity index is 2180. The number of ether oxygens (including phenoxy) is 1. The molecule has 58 heavy (non-hydrogen) atoms. The third kappa shape index (κ3) is 8.39. The minimum absolute atomic E-state index is 0.0180. The highest BCUT2D eigenvalue weighted by Gasteiger charge is 2.35. The molecule has 3 atom stereocenters. The van der Waals surface area contributed by atoms with Crippen molar-refractivity contribution in [2.24, 2.45) is 17.6 Å². The molecule has 10 nitrogen and oxygen atoms in total. The van der Waals surface area contributed by atoms with Crippen LogP contribution in [0, 0.1) is 30.4 Å². The molecule has 4 heterocycles. The fraction of sp³-hybridized carbons (Fsp3) is 0.413. The Hall–Kier alpha value is -5.49. The topological polar surface area (TPSA) is 128 Å². The highest BCUT2D eigenvalue weighted by molar-refractivity contribution is 5.98. The summed E-state index contributed by atoms with van der Waals surface area (Å²) < 4.78 is 35.8. The van der Waals surface area contributed by atoms with E-state index in [1.54, 1.807) is 25.1 Å². The lowest BCUT2D eigenvalue weighted by atomic mass is 9.75. The first kappa shape index (κ1) is 39.3. The number of carbonyl (C=O) groups is 3. The van der Waals surface area contributed by atoms with Gasteiger partial charge in [-0.05, 0) is 104 Å². The van der Waals surface area contributed by atoms with Crippen LogP contribution < -0.4 is 25.6 Å². The van der Waals surface area contributed by atoms with Gasteiger partial charge in [0.25, 0.3) is 0 Å². The van der Waals surface area contributed by atoms with Crippen LogP contribution in [-0.2, 0) is 16.0 Å². The lowest BCUT2D eigenvalue weighted by Crippen LogP contribution is -2.49. The van der Waals surface area contributed by atoms with Crippen molar-refractivity contribution < 1.29 is 33.0 Å². The van der Waals surface area contributed by atoms with Crippen molar-refractivity contribution in [1.29, 1.82) is 0 Å². The Kier molecular flexibility index (Phi) is 11.4. The van der Waals surface area contributed by atoms with Crippen LogP contribution in [0.3, 0.4) is 0 Å². The number of amides is 3. The molecule has 304 valence electrons. The molecule has 4 aliphatic heterocycles. The van der Waals surface area contributed by atoms with Crippen molar-refractivity contribution >= 4 is 29.1 Å². The number of nitrogens with two attached hydrogens (primary N) is 1. The molecule has 12 heteroatoms. The predicted octanol–water partition coefficient (Wildman–Crippen LogP) is 6.41. The summed E-state index contributed by atoms with van der Waals surface area (Å²) >= 11 is 0. The molecular formula is C46H51F2N5O5. The number of phenolic OH excluding ortho intramolecular Hbond substituents is 1. The number of nitrogens with zero attached hydrogens (tertiary/aromatic N) is 3. The average Bonchev–Trinajstić information content (AvgIpc) is 3.22. The van der Waals surface area contributed by atoms with E-state index in [0.29, 0.717) is 67.4 Å². The quantitative estimate of drug-likeness (QED) is 0.157. The minimum Gasteiger partial charge on any atom is -0.508 e. The molecule has 0 saturated carbocycles. The number of piperidine rings is 2. The fourth-order valence-corrected chi connectivity index (χ4v) is 9.43. The van der Waals surface area contributed by atoms with Crippen molar-refractivity contribution in [2.45, 2.75) is 57.3 Å². The molecule has 4 aromatic rings. The normalized spacial score (nSPS) is 21.7. The fourth-order valence-electron chi connectivity index (χ4n) is 9.43. The van der Waals surface area contributed by atoms with Gasteiger partial charge in [-0.25, -0.2) is 8.78 Å². The van der Waals surface area contributed by atoms with Gasteiger partial charge in [0.1, 0.15) is 23.1 Å². The first-order valence-corrected chi connectivity index (χ1v) is 20.5. The first-order chi connectivity index (χ1) is 28.0. The van der Waals surface area contributed by atoms with Gasteiger partial charge in [0, 0.05) is 92.9 Å². The van der Waals surface area contributed by atoms with E-state index in [2.05, 4.69) is 39.4 Å². The van der Waals surface area contributed by atoms with Gasteiger partial charge in [-0.15, -0.1) is 0 Å².